The molecule has 0 unspecified atom stereocenters. The zero-order chi connectivity index (χ0) is 23.9. The maximum Gasteiger partial charge on any atom is 0.258 e. The summed E-state index contributed by atoms with van der Waals surface area (Å²) in [5.74, 6) is 1.77. The Bertz CT molecular complexity index is 1400. The number of carbonyl (C=O) groups is 1. The van der Waals surface area contributed by atoms with Gasteiger partial charge in [-0.15, -0.1) is 0 Å². The van der Waals surface area contributed by atoms with Crippen LogP contribution < -0.4 is 14.5 Å². The van der Waals surface area contributed by atoms with E-state index in [1.165, 1.54) is 0 Å². The van der Waals surface area contributed by atoms with E-state index in [9.17, 15) is 4.79 Å². The lowest BCUT2D eigenvalue weighted by Crippen LogP contribution is -2.36. The molecule has 0 N–H and O–H groups in total. The molecule has 4 aromatic rings. The minimum atomic E-state index is 0.0433. The minimum Gasteiger partial charge on any atom is -0.494 e. The first-order valence-electron chi connectivity index (χ1n) is 12.1. The molecule has 2 aliphatic rings. The number of rotatable bonds is 5. The third-order valence-corrected chi connectivity index (χ3v) is 6.87. The van der Waals surface area contributed by atoms with E-state index in [2.05, 4.69) is 27.7 Å². The number of morpholine rings is 1. The number of carbonyl (C=O) groups excluding carboxylic acids is 1. The van der Waals surface area contributed by atoms with Crippen LogP contribution in [0, 0.1) is 0 Å². The van der Waals surface area contributed by atoms with Gasteiger partial charge in [0.2, 0.25) is 0 Å². The summed E-state index contributed by atoms with van der Waals surface area (Å²) in [6.07, 6.45) is 0. The Morgan fingerprint density at radius 1 is 0.971 bits per heavy atom. The summed E-state index contributed by atoms with van der Waals surface area (Å²) in [5.41, 5.74) is 6.80. The fraction of sp³-hybridized carbons (Fsp3) is 0.286. The van der Waals surface area contributed by atoms with Gasteiger partial charge in [0, 0.05) is 42.6 Å². The molecule has 1 saturated heterocycles. The second kappa shape index (κ2) is 8.74. The largest absolute Gasteiger partial charge is 0.494 e. The van der Waals surface area contributed by atoms with Crippen LogP contribution in [0.25, 0.3) is 22.4 Å². The zero-order valence-corrected chi connectivity index (χ0v) is 20.0. The number of amides is 1. The Kier molecular flexibility index (Phi) is 5.41. The van der Waals surface area contributed by atoms with Crippen molar-refractivity contribution in [3.8, 4) is 17.1 Å². The summed E-state index contributed by atoms with van der Waals surface area (Å²) >= 11 is 0. The molecular formula is C28H28N4O3. The van der Waals surface area contributed by atoms with E-state index in [4.69, 9.17) is 14.5 Å². The smallest absolute Gasteiger partial charge is 0.258 e. The van der Waals surface area contributed by atoms with E-state index >= 15 is 0 Å². The summed E-state index contributed by atoms with van der Waals surface area (Å²) in [6, 6.07) is 20.2. The number of aryl methyl sites for hydroxylation is 1. The second-order valence-corrected chi connectivity index (χ2v) is 8.96. The van der Waals surface area contributed by atoms with Crippen molar-refractivity contribution in [3.63, 3.8) is 0 Å². The van der Waals surface area contributed by atoms with Gasteiger partial charge >= 0.3 is 0 Å². The fourth-order valence-corrected chi connectivity index (χ4v) is 5.01. The van der Waals surface area contributed by atoms with Crippen LogP contribution in [0.1, 0.15) is 22.8 Å². The average Bonchev–Trinajstić information content (AvgIpc) is 3.41. The van der Waals surface area contributed by atoms with Crippen molar-refractivity contribution in [2.45, 2.75) is 13.5 Å². The van der Waals surface area contributed by atoms with Crippen LogP contribution in [0.5, 0.6) is 5.75 Å². The fourth-order valence-electron chi connectivity index (χ4n) is 5.01. The summed E-state index contributed by atoms with van der Waals surface area (Å²) in [7, 11) is 2.01. The predicted octanol–water partition coefficient (Wildman–Crippen LogP) is 4.64. The van der Waals surface area contributed by atoms with E-state index in [0.29, 0.717) is 13.2 Å². The summed E-state index contributed by atoms with van der Waals surface area (Å²) < 4.78 is 13.1. The number of benzene rings is 3. The average molecular weight is 469 g/mol. The monoisotopic (exact) mass is 468 g/mol. The van der Waals surface area contributed by atoms with Crippen molar-refractivity contribution in [1.29, 1.82) is 0 Å². The molecule has 0 atom stereocenters. The molecule has 1 aromatic heterocycles. The number of imidazole rings is 1. The SMILES string of the molecule is CCOc1ccc(-c2nc3ccc(N4Cc5cc(N6CCOCC6)ccc5C4=O)cc3n2C)cc1. The number of hydrogen-bond donors (Lipinski definition) is 0. The normalized spacial score (nSPS) is 15.7. The molecule has 0 saturated carbocycles. The van der Waals surface area contributed by atoms with Gasteiger partial charge in [-0.2, -0.15) is 0 Å². The van der Waals surface area contributed by atoms with Crippen LogP contribution in [-0.2, 0) is 18.3 Å². The molecule has 1 fully saturated rings. The van der Waals surface area contributed by atoms with Gasteiger partial charge in [0.1, 0.15) is 11.6 Å². The Morgan fingerprint density at radius 3 is 2.51 bits per heavy atom. The topological polar surface area (TPSA) is 59.8 Å². The van der Waals surface area contributed by atoms with Gasteiger partial charge in [-0.1, -0.05) is 0 Å². The molecule has 0 aliphatic carbocycles. The molecule has 35 heavy (non-hydrogen) atoms. The zero-order valence-electron chi connectivity index (χ0n) is 20.0. The van der Waals surface area contributed by atoms with Crippen molar-refractivity contribution < 1.29 is 14.3 Å². The van der Waals surface area contributed by atoms with E-state index in [1.807, 2.05) is 61.3 Å². The quantitative estimate of drug-likeness (QED) is 0.427. The summed E-state index contributed by atoms with van der Waals surface area (Å²) in [5, 5.41) is 0. The minimum absolute atomic E-state index is 0.0433. The van der Waals surface area contributed by atoms with Crippen molar-refractivity contribution >= 4 is 28.3 Å². The standard InChI is InChI=1S/C28H28N4O3/c1-3-35-23-8-4-19(5-9-23)27-29-25-11-7-22(17-26(25)30(27)2)32-18-20-16-21(6-10-24(20)28(32)33)31-12-14-34-15-13-31/h4-11,16-17H,3,12-15,18H2,1-2H3. The summed E-state index contributed by atoms with van der Waals surface area (Å²) in [4.78, 5) is 22.3. The second-order valence-electron chi connectivity index (χ2n) is 8.96. The number of aromatic nitrogens is 2. The maximum atomic E-state index is 13.3. The Hall–Kier alpha value is -3.84. The number of hydrogen-bond acceptors (Lipinski definition) is 5. The molecule has 7 heteroatoms. The van der Waals surface area contributed by atoms with E-state index in [-0.39, 0.29) is 5.91 Å². The van der Waals surface area contributed by atoms with Crippen LogP contribution in [0.15, 0.2) is 60.7 Å². The summed E-state index contributed by atoms with van der Waals surface area (Å²) in [6.45, 7) is 6.43. The first-order chi connectivity index (χ1) is 17.1. The van der Waals surface area contributed by atoms with Crippen molar-refractivity contribution in [2.75, 3.05) is 42.7 Å². The first-order valence-corrected chi connectivity index (χ1v) is 12.1. The van der Waals surface area contributed by atoms with Crippen molar-refractivity contribution in [1.82, 2.24) is 9.55 Å². The molecule has 2 aliphatic heterocycles. The molecule has 0 spiro atoms. The van der Waals surface area contributed by atoms with E-state index in [1.54, 1.807) is 0 Å². The Morgan fingerprint density at radius 2 is 1.74 bits per heavy atom. The number of nitrogens with zero attached hydrogens (tertiary/aromatic N) is 4. The lowest BCUT2D eigenvalue weighted by molar-refractivity contribution is 0.0996. The number of ether oxygens (including phenoxy) is 2. The molecule has 3 heterocycles. The highest BCUT2D eigenvalue weighted by atomic mass is 16.5. The van der Waals surface area contributed by atoms with Crippen LogP contribution in [-0.4, -0.2) is 48.4 Å². The molecule has 1 amide bonds. The van der Waals surface area contributed by atoms with Crippen LogP contribution in [0.3, 0.4) is 0 Å². The van der Waals surface area contributed by atoms with Gasteiger partial charge in [0.05, 0.1) is 37.4 Å². The van der Waals surface area contributed by atoms with Gasteiger partial charge in [-0.05, 0) is 73.2 Å². The number of fused-ring (bicyclic) bond motifs is 2. The number of anilines is 2. The third-order valence-electron chi connectivity index (χ3n) is 6.87. The Balaban J connectivity index is 1.29. The van der Waals surface area contributed by atoms with Gasteiger partial charge in [0.25, 0.3) is 5.91 Å². The lowest BCUT2D eigenvalue weighted by atomic mass is 10.1. The van der Waals surface area contributed by atoms with Gasteiger partial charge in [-0.3, -0.25) is 4.79 Å². The van der Waals surface area contributed by atoms with E-state index in [0.717, 1.165) is 77.0 Å². The van der Waals surface area contributed by atoms with Crippen molar-refractivity contribution in [2.24, 2.45) is 7.05 Å². The molecule has 0 bridgehead atoms. The first kappa shape index (κ1) is 21.7. The van der Waals surface area contributed by atoms with E-state index < -0.39 is 0 Å². The highest BCUT2D eigenvalue weighted by molar-refractivity contribution is 6.10. The molecule has 0 radical (unpaired) electrons. The lowest BCUT2D eigenvalue weighted by Gasteiger charge is -2.29. The third kappa shape index (κ3) is 3.82. The molecule has 6 rings (SSSR count). The molecule has 7 nitrogen and oxygen atoms in total. The van der Waals surface area contributed by atoms with Crippen molar-refractivity contribution in [3.05, 3.63) is 71.8 Å². The Labute approximate surface area is 204 Å². The molecule has 178 valence electrons. The predicted molar refractivity (Wildman–Crippen MR) is 137 cm³/mol. The van der Waals surface area contributed by atoms with Crippen LogP contribution in [0.2, 0.25) is 0 Å². The maximum absolute atomic E-state index is 13.3. The highest BCUT2D eigenvalue weighted by Crippen LogP contribution is 2.34. The van der Waals surface area contributed by atoms with Gasteiger partial charge in [0.15, 0.2) is 0 Å². The molecule has 3 aromatic carbocycles. The van der Waals surface area contributed by atoms with Gasteiger partial charge < -0.3 is 23.8 Å². The van der Waals surface area contributed by atoms with Crippen LogP contribution >= 0.6 is 0 Å². The highest BCUT2D eigenvalue weighted by Gasteiger charge is 2.30. The molecular weight excluding hydrogens is 440 g/mol. The van der Waals surface area contributed by atoms with Crippen LogP contribution in [0.4, 0.5) is 11.4 Å². The van der Waals surface area contributed by atoms with Gasteiger partial charge in [-0.25, -0.2) is 4.98 Å².